The van der Waals surface area contributed by atoms with Crippen LogP contribution in [-0.4, -0.2) is 16.6 Å². The monoisotopic (exact) mass is 521 g/mol. The van der Waals surface area contributed by atoms with Crippen LogP contribution in [0.2, 0.25) is 0 Å². The molecule has 0 fully saturated rings. The highest BCUT2D eigenvalue weighted by atomic mass is 32.1. The number of hydrogen-bond donors (Lipinski definition) is 5. The lowest BCUT2D eigenvalue weighted by atomic mass is 9.80. The summed E-state index contributed by atoms with van der Waals surface area (Å²) < 4.78 is 0. The van der Waals surface area contributed by atoms with Crippen LogP contribution in [0.25, 0.3) is 22.0 Å². The van der Waals surface area contributed by atoms with Gasteiger partial charge in [0.15, 0.2) is 11.6 Å². The van der Waals surface area contributed by atoms with Crippen molar-refractivity contribution in [3.05, 3.63) is 111 Å². The van der Waals surface area contributed by atoms with Gasteiger partial charge in [-0.3, -0.25) is 14.4 Å². The Morgan fingerprint density at radius 3 is 2.24 bits per heavy atom. The van der Waals surface area contributed by atoms with Gasteiger partial charge in [0, 0.05) is 43.1 Å². The molecule has 1 aliphatic carbocycles. The third-order valence-corrected chi connectivity index (χ3v) is 7.28. The Hall–Kier alpha value is -4.27. The number of nitrogen functional groups attached to an aromatic ring is 1. The SMILES string of the molecule is Nc1cc(Nc2ccc3[nH]c(=O)c(C(=O)c4ccccc4)c4c3c2C(=O)c2ccccc2-4)c(S)cc1S. The van der Waals surface area contributed by atoms with Crippen molar-refractivity contribution in [2.75, 3.05) is 11.1 Å². The fraction of sp³-hybridized carbons (Fsp3) is 0. The zero-order chi connectivity index (χ0) is 25.8. The molecule has 0 aliphatic heterocycles. The topological polar surface area (TPSA) is 105 Å². The second-order valence-corrected chi connectivity index (χ2v) is 9.70. The van der Waals surface area contributed by atoms with E-state index in [1.54, 1.807) is 78.9 Å². The molecule has 0 amide bonds. The van der Waals surface area contributed by atoms with Gasteiger partial charge >= 0.3 is 0 Å². The van der Waals surface area contributed by atoms with E-state index in [0.717, 1.165) is 0 Å². The number of benzene rings is 4. The second kappa shape index (κ2) is 8.69. The molecule has 0 radical (unpaired) electrons. The van der Waals surface area contributed by atoms with E-state index in [9.17, 15) is 14.4 Å². The van der Waals surface area contributed by atoms with Crippen LogP contribution in [0, 0.1) is 0 Å². The summed E-state index contributed by atoms with van der Waals surface area (Å²) in [5.41, 5.74) is 9.69. The minimum absolute atomic E-state index is 0.00407. The van der Waals surface area contributed by atoms with E-state index in [4.69, 9.17) is 5.73 Å². The number of nitrogens with one attached hydrogen (secondary N) is 2. The van der Waals surface area contributed by atoms with Crippen LogP contribution in [0.5, 0.6) is 0 Å². The second-order valence-electron chi connectivity index (χ2n) is 8.74. The molecule has 0 spiro atoms. The number of rotatable bonds is 4. The Balaban J connectivity index is 1.68. The zero-order valence-corrected chi connectivity index (χ0v) is 21.0. The van der Waals surface area contributed by atoms with Crippen molar-refractivity contribution in [1.29, 1.82) is 0 Å². The summed E-state index contributed by atoms with van der Waals surface area (Å²) in [5, 5.41) is 3.79. The van der Waals surface area contributed by atoms with E-state index in [1.165, 1.54) is 0 Å². The van der Waals surface area contributed by atoms with Crippen LogP contribution in [0.1, 0.15) is 31.8 Å². The zero-order valence-electron chi connectivity index (χ0n) is 19.2. The van der Waals surface area contributed by atoms with Crippen molar-refractivity contribution < 1.29 is 9.59 Å². The Kier molecular flexibility index (Phi) is 5.43. The van der Waals surface area contributed by atoms with Gasteiger partial charge in [-0.2, -0.15) is 0 Å². The average Bonchev–Trinajstić information content (AvgIpc) is 2.90. The minimum atomic E-state index is -0.512. The third-order valence-electron chi connectivity index (χ3n) is 6.53. The number of fused-ring (bicyclic) bond motifs is 2. The Morgan fingerprint density at radius 2 is 1.49 bits per heavy atom. The molecule has 6 rings (SSSR count). The number of anilines is 3. The van der Waals surface area contributed by atoms with E-state index in [0.29, 0.717) is 65.6 Å². The molecule has 1 aromatic heterocycles. The van der Waals surface area contributed by atoms with Crippen molar-refractivity contribution in [2.45, 2.75) is 9.79 Å². The van der Waals surface area contributed by atoms with Crippen LogP contribution < -0.4 is 16.6 Å². The number of aromatic nitrogens is 1. The van der Waals surface area contributed by atoms with Gasteiger partial charge in [0.05, 0.1) is 22.5 Å². The molecule has 4 aromatic carbocycles. The van der Waals surface area contributed by atoms with E-state index >= 15 is 0 Å². The first kappa shape index (κ1) is 23.1. The molecule has 0 unspecified atom stereocenters. The highest BCUT2D eigenvalue weighted by Crippen LogP contribution is 2.44. The van der Waals surface area contributed by atoms with Gasteiger partial charge in [-0.15, -0.1) is 25.3 Å². The lowest BCUT2D eigenvalue weighted by molar-refractivity contribution is 0.102. The molecule has 8 heteroatoms. The maximum absolute atomic E-state index is 13.9. The maximum atomic E-state index is 13.9. The number of carbonyl (C=O) groups excluding carboxylic acids is 2. The fourth-order valence-electron chi connectivity index (χ4n) is 4.82. The summed E-state index contributed by atoms with van der Waals surface area (Å²) in [4.78, 5) is 44.9. The first-order valence-electron chi connectivity index (χ1n) is 11.4. The van der Waals surface area contributed by atoms with Crippen molar-refractivity contribution in [2.24, 2.45) is 0 Å². The minimum Gasteiger partial charge on any atom is -0.398 e. The van der Waals surface area contributed by atoms with E-state index in [2.05, 4.69) is 35.6 Å². The molecule has 180 valence electrons. The predicted octanol–water partition coefficient (Wildman–Crippen LogP) is 5.87. The number of aromatic amines is 1. The molecule has 6 nitrogen and oxygen atoms in total. The van der Waals surface area contributed by atoms with Crippen LogP contribution in [0.4, 0.5) is 17.1 Å². The summed E-state index contributed by atoms with van der Waals surface area (Å²) in [6.07, 6.45) is 0. The van der Waals surface area contributed by atoms with Crippen molar-refractivity contribution >= 4 is 64.8 Å². The molecule has 5 aromatic rings. The van der Waals surface area contributed by atoms with Gasteiger partial charge in [0.25, 0.3) is 5.56 Å². The highest BCUT2D eigenvalue weighted by molar-refractivity contribution is 7.81. The number of thiol groups is 2. The molecular formula is C29H19N3O3S2. The number of pyridine rings is 1. The van der Waals surface area contributed by atoms with Crippen LogP contribution in [-0.2, 0) is 0 Å². The van der Waals surface area contributed by atoms with Gasteiger partial charge in [0.2, 0.25) is 0 Å². The third kappa shape index (κ3) is 3.64. The molecular weight excluding hydrogens is 502 g/mol. The number of carbonyl (C=O) groups is 2. The lowest BCUT2D eigenvalue weighted by Crippen LogP contribution is -2.24. The molecule has 1 heterocycles. The summed E-state index contributed by atoms with van der Waals surface area (Å²) in [7, 11) is 0. The molecule has 37 heavy (non-hydrogen) atoms. The molecule has 0 bridgehead atoms. The number of hydrogen-bond acceptors (Lipinski definition) is 7. The van der Waals surface area contributed by atoms with Gasteiger partial charge in [-0.05, 0) is 29.8 Å². The van der Waals surface area contributed by atoms with E-state index in [-0.39, 0.29) is 11.3 Å². The molecule has 1 aliphatic rings. The standard InChI is InChI=1S/C29H19N3O3S2/c30-17-12-20(22(37)13-21(17)36)31-19-11-10-18-24-23(15-8-4-5-9-16(15)28(34)25(19)24)26(29(35)32-18)27(33)14-6-2-1-3-7-14/h1-13,31,36-37H,30H2,(H,32,35). The first-order chi connectivity index (χ1) is 17.8. The Labute approximate surface area is 222 Å². The van der Waals surface area contributed by atoms with Crippen LogP contribution in [0.3, 0.4) is 0 Å². The Bertz CT molecular complexity index is 1850. The van der Waals surface area contributed by atoms with Crippen molar-refractivity contribution in [3.63, 3.8) is 0 Å². The molecule has 0 saturated carbocycles. The van der Waals surface area contributed by atoms with Crippen LogP contribution in [0.15, 0.2) is 93.4 Å². The fourth-order valence-corrected chi connectivity index (χ4v) is 5.37. The van der Waals surface area contributed by atoms with Crippen molar-refractivity contribution in [3.8, 4) is 11.1 Å². The molecule has 0 atom stereocenters. The van der Waals surface area contributed by atoms with E-state index in [1.807, 2.05) is 0 Å². The van der Waals surface area contributed by atoms with E-state index < -0.39 is 11.3 Å². The number of ketones is 2. The van der Waals surface area contributed by atoms with Gasteiger partial charge in [0.1, 0.15) is 0 Å². The largest absolute Gasteiger partial charge is 0.398 e. The summed E-state index contributed by atoms with van der Waals surface area (Å²) >= 11 is 8.88. The quantitative estimate of drug-likeness (QED) is 0.113. The summed E-state index contributed by atoms with van der Waals surface area (Å²) in [5.74, 6) is -0.636. The lowest BCUT2D eigenvalue weighted by Gasteiger charge is -2.24. The number of H-pyrrole nitrogens is 1. The molecule has 4 N–H and O–H groups in total. The number of nitrogens with two attached hydrogens (primary N) is 1. The maximum Gasteiger partial charge on any atom is 0.260 e. The first-order valence-corrected chi connectivity index (χ1v) is 12.3. The van der Waals surface area contributed by atoms with Gasteiger partial charge in [-0.25, -0.2) is 0 Å². The van der Waals surface area contributed by atoms with Crippen LogP contribution >= 0.6 is 25.3 Å². The smallest absolute Gasteiger partial charge is 0.260 e. The molecule has 0 saturated heterocycles. The van der Waals surface area contributed by atoms with Gasteiger partial charge < -0.3 is 16.0 Å². The van der Waals surface area contributed by atoms with Gasteiger partial charge in [-0.1, -0.05) is 54.6 Å². The highest BCUT2D eigenvalue weighted by Gasteiger charge is 2.33. The normalized spacial score (nSPS) is 11.9. The van der Waals surface area contributed by atoms with Crippen molar-refractivity contribution in [1.82, 2.24) is 4.98 Å². The Morgan fingerprint density at radius 1 is 0.784 bits per heavy atom. The summed E-state index contributed by atoms with van der Waals surface area (Å²) in [6.45, 7) is 0. The predicted molar refractivity (Wildman–Crippen MR) is 152 cm³/mol. The summed E-state index contributed by atoms with van der Waals surface area (Å²) in [6, 6.07) is 22.5. The average molecular weight is 522 g/mol.